The van der Waals surface area contributed by atoms with E-state index < -0.39 is 60.0 Å². The molecule has 0 aliphatic carbocycles. The Bertz CT molecular complexity index is 2220. The number of nitrogens with one attached hydrogen (secondary N) is 3. The molecule has 17 heteroatoms. The van der Waals surface area contributed by atoms with Crippen molar-refractivity contribution in [2.75, 3.05) is 29.7 Å². The molecule has 0 saturated heterocycles. The van der Waals surface area contributed by atoms with E-state index in [2.05, 4.69) is 24.9 Å². The van der Waals surface area contributed by atoms with Crippen molar-refractivity contribution >= 4 is 51.9 Å². The third-order valence-electron chi connectivity index (χ3n) is 8.48. The largest absolute Gasteiger partial charge is 0.462 e. The predicted molar refractivity (Wildman–Crippen MR) is 221 cm³/mol. The number of nitrogens with two attached hydrogens (primary N) is 1. The lowest BCUT2D eigenvalue weighted by molar-refractivity contribution is -0.150. The summed E-state index contributed by atoms with van der Waals surface area (Å²) in [7, 11) is -7.50. The van der Waals surface area contributed by atoms with Crippen molar-refractivity contribution in [3.05, 3.63) is 109 Å². The van der Waals surface area contributed by atoms with E-state index in [1.165, 1.54) is 6.33 Å². The van der Waals surface area contributed by atoms with Crippen molar-refractivity contribution in [2.24, 2.45) is 0 Å². The molecule has 5 rings (SSSR count). The molecular formula is C40H50N7O8PS. The zero-order valence-corrected chi connectivity index (χ0v) is 34.3. The Kier molecular flexibility index (Phi) is 14.6. The van der Waals surface area contributed by atoms with Crippen molar-refractivity contribution in [3.8, 4) is 11.1 Å². The van der Waals surface area contributed by atoms with Crippen molar-refractivity contribution in [1.82, 2.24) is 24.7 Å². The van der Waals surface area contributed by atoms with Gasteiger partial charge in [0.25, 0.3) is 0 Å². The van der Waals surface area contributed by atoms with Gasteiger partial charge in [0.05, 0.1) is 30.5 Å². The zero-order valence-electron chi connectivity index (χ0n) is 32.6. The van der Waals surface area contributed by atoms with Crippen LogP contribution in [-0.2, 0) is 57.8 Å². The maximum absolute atomic E-state index is 15.1. The van der Waals surface area contributed by atoms with Gasteiger partial charge in [0.15, 0.2) is 0 Å². The van der Waals surface area contributed by atoms with Gasteiger partial charge in [0.2, 0.25) is 17.5 Å². The Morgan fingerprint density at radius 1 is 0.825 bits per heavy atom. The predicted octanol–water partition coefficient (Wildman–Crippen LogP) is 5.52. The summed E-state index contributed by atoms with van der Waals surface area (Å²) in [5.41, 5.74) is 10.1. The number of fused-ring (bicyclic) bond motifs is 1. The quantitative estimate of drug-likeness (QED) is 0.0434. The second-order valence-corrected chi connectivity index (χ2v) is 18.1. The highest BCUT2D eigenvalue weighted by Gasteiger charge is 2.36. The summed E-state index contributed by atoms with van der Waals surface area (Å²) in [5, 5.41) is 6.63. The van der Waals surface area contributed by atoms with E-state index in [9.17, 15) is 18.0 Å². The summed E-state index contributed by atoms with van der Waals surface area (Å²) < 4.78 is 60.6. The number of anilines is 2. The normalized spacial score (nSPS) is 13.1. The van der Waals surface area contributed by atoms with E-state index in [0.717, 1.165) is 17.4 Å². The minimum absolute atomic E-state index is 0.0235. The minimum atomic E-state index is -3.98. The maximum Gasteiger partial charge on any atom is 0.324 e. The van der Waals surface area contributed by atoms with Gasteiger partial charge in [-0.25, -0.2) is 28.6 Å². The third kappa shape index (κ3) is 12.7. The first-order valence-corrected chi connectivity index (χ1v) is 22.3. The summed E-state index contributed by atoms with van der Waals surface area (Å²) >= 11 is 0. The summed E-state index contributed by atoms with van der Waals surface area (Å²) in [5.74, 6) is -0.996. The van der Waals surface area contributed by atoms with E-state index in [-0.39, 0.29) is 31.8 Å². The first-order valence-electron chi connectivity index (χ1n) is 18.5. The van der Waals surface area contributed by atoms with Gasteiger partial charge < -0.3 is 24.5 Å². The van der Waals surface area contributed by atoms with Crippen LogP contribution >= 0.6 is 7.44 Å². The lowest BCUT2D eigenvalue weighted by Crippen LogP contribution is -2.47. The number of hydrogen-bond donors (Lipinski definition) is 4. The molecule has 0 saturated carbocycles. The summed E-state index contributed by atoms with van der Waals surface area (Å²) in [6, 6.07) is 23.2. The molecular weight excluding hydrogens is 770 g/mol. The average Bonchev–Trinajstić information content (AvgIpc) is 3.52. The lowest BCUT2D eigenvalue weighted by Gasteiger charge is -2.29. The van der Waals surface area contributed by atoms with Gasteiger partial charge in [-0.1, -0.05) is 72.8 Å². The molecule has 2 heterocycles. The zero-order chi connectivity index (χ0) is 41.2. The lowest BCUT2D eigenvalue weighted by atomic mass is 10.1. The van der Waals surface area contributed by atoms with Gasteiger partial charge in [0.1, 0.15) is 36.2 Å². The van der Waals surface area contributed by atoms with Crippen LogP contribution in [0.3, 0.4) is 0 Å². The van der Waals surface area contributed by atoms with Gasteiger partial charge in [0, 0.05) is 24.0 Å². The van der Waals surface area contributed by atoms with Crippen LogP contribution in [0.5, 0.6) is 0 Å². The Morgan fingerprint density at radius 2 is 1.39 bits per heavy atom. The molecule has 3 aromatic carbocycles. The summed E-state index contributed by atoms with van der Waals surface area (Å²) in [6.07, 6.45) is 3.23. The standard InChI is InChI=1S/C40H50N7O8PS/c1-27(2)54-39(48)34(21-29-13-8-6-9-14-29)44-56(50,45-35(40(49)55-28(3)4)22-30-15-10-7-11-16-30)26-53-20-19-47-24-33(36-37(41)42-25-43-38(36)47)31-17-12-18-32(23-31)46-57(5,51)52/h6-18,23-25,27-28,34-35,46H,19-22,26H2,1-5H3,(H2,41,42,43)(H2,44,45,50)/t34-,35-/m0/s1. The maximum atomic E-state index is 15.1. The van der Waals surface area contributed by atoms with Gasteiger partial charge in [-0.15, -0.1) is 0 Å². The number of nitrogens with zero attached hydrogens (tertiary/aromatic N) is 3. The van der Waals surface area contributed by atoms with Crippen LogP contribution in [0.4, 0.5) is 11.5 Å². The number of carbonyl (C=O) groups excluding carboxylic acids is 2. The van der Waals surface area contributed by atoms with Crippen LogP contribution in [0.15, 0.2) is 97.5 Å². The molecule has 0 amide bonds. The molecule has 5 N–H and O–H groups in total. The van der Waals surface area contributed by atoms with Crippen LogP contribution in [-0.4, -0.2) is 78.4 Å². The Labute approximate surface area is 333 Å². The third-order valence-corrected chi connectivity index (χ3v) is 11.1. The van der Waals surface area contributed by atoms with Crippen molar-refractivity contribution in [1.29, 1.82) is 0 Å². The highest BCUT2D eigenvalue weighted by Crippen LogP contribution is 2.39. The number of sulfonamides is 1. The van der Waals surface area contributed by atoms with E-state index in [0.29, 0.717) is 27.8 Å². The smallest absolute Gasteiger partial charge is 0.324 e. The second-order valence-electron chi connectivity index (χ2n) is 14.1. The number of carbonyl (C=O) groups is 2. The average molecular weight is 820 g/mol. The highest BCUT2D eigenvalue weighted by molar-refractivity contribution is 7.92. The summed E-state index contributed by atoms with van der Waals surface area (Å²) in [4.78, 5) is 35.7. The number of aromatic nitrogens is 3. The molecule has 0 fully saturated rings. The van der Waals surface area contributed by atoms with Crippen LogP contribution in [0.1, 0.15) is 38.8 Å². The van der Waals surface area contributed by atoms with Crippen molar-refractivity contribution in [2.45, 2.75) is 71.4 Å². The molecule has 304 valence electrons. The molecule has 0 aliphatic rings. The van der Waals surface area contributed by atoms with E-state index in [4.69, 9.17) is 19.9 Å². The van der Waals surface area contributed by atoms with Crippen molar-refractivity contribution in [3.63, 3.8) is 0 Å². The van der Waals surface area contributed by atoms with Crippen LogP contribution in [0.25, 0.3) is 22.2 Å². The molecule has 57 heavy (non-hydrogen) atoms. The monoisotopic (exact) mass is 819 g/mol. The number of benzene rings is 3. The first kappa shape index (κ1) is 43.0. The molecule has 2 atom stereocenters. The minimum Gasteiger partial charge on any atom is -0.462 e. The summed E-state index contributed by atoms with van der Waals surface area (Å²) in [6.45, 7) is 7.17. The van der Waals surface area contributed by atoms with Crippen LogP contribution < -0.4 is 20.6 Å². The highest BCUT2D eigenvalue weighted by atomic mass is 32.2. The van der Waals surface area contributed by atoms with E-state index >= 15 is 4.57 Å². The fourth-order valence-corrected chi connectivity index (χ4v) is 8.73. The molecule has 0 aliphatic heterocycles. The SMILES string of the molecule is CC(C)OC(=O)[C@H](Cc1ccccc1)NP(=O)(COCCn1cc(-c2cccc(NS(C)(=O)=O)c2)c2c(N)ncnc21)N[C@@H](Cc1ccccc1)C(=O)OC(C)C. The number of rotatable bonds is 20. The Hall–Kier alpha value is -5.12. The fourth-order valence-electron chi connectivity index (χ4n) is 6.16. The molecule has 0 spiro atoms. The number of hydrogen-bond acceptors (Lipinski definition) is 11. The van der Waals surface area contributed by atoms with Gasteiger partial charge >= 0.3 is 11.9 Å². The number of ether oxygens (including phenoxy) is 3. The molecule has 0 radical (unpaired) electrons. The Balaban J connectivity index is 1.44. The molecule has 15 nitrogen and oxygen atoms in total. The first-order chi connectivity index (χ1) is 27.1. The fraction of sp³-hybridized carbons (Fsp3) is 0.350. The number of nitrogen functional groups attached to an aromatic ring is 1. The van der Waals surface area contributed by atoms with Gasteiger partial charge in [-0.05, 0) is 69.4 Å². The Morgan fingerprint density at radius 3 is 1.91 bits per heavy atom. The van der Waals surface area contributed by atoms with Crippen LogP contribution in [0, 0.1) is 0 Å². The van der Waals surface area contributed by atoms with Crippen LogP contribution in [0.2, 0.25) is 0 Å². The molecule has 2 aromatic heterocycles. The van der Waals surface area contributed by atoms with E-state index in [1.54, 1.807) is 45.9 Å². The van der Waals surface area contributed by atoms with Crippen molar-refractivity contribution < 1.29 is 36.8 Å². The second kappa shape index (κ2) is 19.4. The van der Waals surface area contributed by atoms with Gasteiger partial charge in [-0.2, -0.15) is 0 Å². The molecule has 0 bridgehead atoms. The van der Waals surface area contributed by atoms with E-state index in [1.807, 2.05) is 77.5 Å². The molecule has 5 aromatic rings. The molecule has 0 unspecified atom stereocenters. The van der Waals surface area contributed by atoms with Gasteiger partial charge in [-0.3, -0.25) is 18.9 Å². The number of esters is 2. The topological polar surface area (TPSA) is 206 Å².